The molecule has 1 aliphatic heterocycles. The van der Waals surface area contributed by atoms with Crippen LogP contribution in [0.4, 0.5) is 4.39 Å². The second kappa shape index (κ2) is 7.94. The maximum atomic E-state index is 13.4. The van der Waals surface area contributed by atoms with Crippen molar-refractivity contribution in [2.45, 2.75) is 10.9 Å². The number of rotatable bonds is 5. The molecule has 1 saturated heterocycles. The molecule has 1 aliphatic rings. The normalized spacial score (nSPS) is 19.8. The van der Waals surface area contributed by atoms with Gasteiger partial charge in [0.1, 0.15) is 5.82 Å². The van der Waals surface area contributed by atoms with Crippen LogP contribution in [0.3, 0.4) is 0 Å². The van der Waals surface area contributed by atoms with E-state index in [-0.39, 0.29) is 23.9 Å². The standard InChI is InChI=1S/C21H19ClFN3O3S/c1-25-12-20(24-13-25)30(28,29)26-10-18(14-5-7-17(23)8-6-14)19(11-26)21(27)15-3-2-4-16(22)9-15/h2-9,12-13,18-19H,10-11H2,1H3. The summed E-state index contributed by atoms with van der Waals surface area (Å²) in [6.45, 7) is 0.105. The molecule has 156 valence electrons. The minimum absolute atomic E-state index is 0.00625. The fraction of sp³-hybridized carbons (Fsp3) is 0.238. The predicted octanol–water partition coefficient (Wildman–Crippen LogP) is 3.50. The molecule has 6 nitrogen and oxygen atoms in total. The van der Waals surface area contributed by atoms with Gasteiger partial charge in [-0.05, 0) is 29.8 Å². The number of aryl methyl sites for hydroxylation is 1. The second-order valence-electron chi connectivity index (χ2n) is 7.34. The summed E-state index contributed by atoms with van der Waals surface area (Å²) in [6, 6.07) is 12.4. The van der Waals surface area contributed by atoms with Gasteiger partial charge >= 0.3 is 0 Å². The van der Waals surface area contributed by atoms with Gasteiger partial charge in [-0.25, -0.2) is 17.8 Å². The van der Waals surface area contributed by atoms with Crippen LogP contribution in [-0.4, -0.2) is 41.1 Å². The van der Waals surface area contributed by atoms with Crippen molar-refractivity contribution < 1.29 is 17.6 Å². The Hall–Kier alpha value is -2.55. The zero-order valence-electron chi connectivity index (χ0n) is 16.1. The Labute approximate surface area is 179 Å². The molecule has 2 aromatic carbocycles. The van der Waals surface area contributed by atoms with Crippen molar-refractivity contribution in [3.63, 3.8) is 0 Å². The van der Waals surface area contributed by atoms with Crippen molar-refractivity contribution in [3.8, 4) is 0 Å². The van der Waals surface area contributed by atoms with E-state index in [1.165, 1.54) is 29.0 Å². The van der Waals surface area contributed by atoms with Crippen LogP contribution >= 0.6 is 11.6 Å². The maximum absolute atomic E-state index is 13.4. The average molecular weight is 448 g/mol. The van der Waals surface area contributed by atoms with Gasteiger partial charge in [-0.2, -0.15) is 4.31 Å². The summed E-state index contributed by atoms with van der Waals surface area (Å²) < 4.78 is 42.4. The highest BCUT2D eigenvalue weighted by Crippen LogP contribution is 2.37. The van der Waals surface area contributed by atoms with Crippen LogP contribution in [0, 0.1) is 11.7 Å². The first-order valence-electron chi connectivity index (χ1n) is 9.29. The third-order valence-electron chi connectivity index (χ3n) is 5.32. The fourth-order valence-corrected chi connectivity index (χ4v) is 5.44. The Morgan fingerprint density at radius 1 is 1.17 bits per heavy atom. The Balaban J connectivity index is 1.72. The molecule has 0 radical (unpaired) electrons. The lowest BCUT2D eigenvalue weighted by molar-refractivity contribution is 0.0918. The number of nitrogens with zero attached hydrogens (tertiary/aromatic N) is 3. The highest BCUT2D eigenvalue weighted by atomic mass is 35.5. The van der Waals surface area contributed by atoms with Crippen molar-refractivity contribution in [1.29, 1.82) is 0 Å². The molecule has 1 aromatic heterocycles. The molecule has 4 rings (SSSR count). The van der Waals surface area contributed by atoms with Crippen LogP contribution in [0.1, 0.15) is 21.8 Å². The summed E-state index contributed by atoms with van der Waals surface area (Å²) in [6.07, 6.45) is 2.84. The van der Waals surface area contributed by atoms with E-state index in [0.29, 0.717) is 16.1 Å². The Morgan fingerprint density at radius 2 is 1.90 bits per heavy atom. The lowest BCUT2D eigenvalue weighted by Crippen LogP contribution is -2.30. The van der Waals surface area contributed by atoms with Crippen molar-refractivity contribution in [3.05, 3.63) is 83.0 Å². The molecule has 1 fully saturated rings. The van der Waals surface area contributed by atoms with E-state index in [1.807, 2.05) is 0 Å². The summed E-state index contributed by atoms with van der Waals surface area (Å²) >= 11 is 6.04. The van der Waals surface area contributed by atoms with Crippen molar-refractivity contribution in [2.75, 3.05) is 13.1 Å². The molecular formula is C21H19ClFN3O3S. The molecule has 0 aliphatic carbocycles. The molecule has 2 heterocycles. The molecule has 9 heteroatoms. The molecule has 0 N–H and O–H groups in total. The van der Waals surface area contributed by atoms with Crippen LogP contribution in [0.5, 0.6) is 0 Å². The third-order valence-corrected chi connectivity index (χ3v) is 7.27. The number of imidazole rings is 1. The molecule has 0 spiro atoms. The minimum Gasteiger partial charge on any atom is -0.339 e. The van der Waals surface area contributed by atoms with Gasteiger partial charge < -0.3 is 4.57 Å². The van der Waals surface area contributed by atoms with Gasteiger partial charge in [-0.15, -0.1) is 0 Å². The minimum atomic E-state index is -3.87. The second-order valence-corrected chi connectivity index (χ2v) is 9.66. The number of hydrogen-bond acceptors (Lipinski definition) is 4. The number of carbonyl (C=O) groups excluding carboxylic acids is 1. The summed E-state index contributed by atoms with van der Waals surface area (Å²) in [7, 11) is -2.19. The van der Waals surface area contributed by atoms with Gasteiger partial charge in [0.05, 0.1) is 6.33 Å². The lowest BCUT2D eigenvalue weighted by Gasteiger charge is -2.18. The van der Waals surface area contributed by atoms with Gasteiger partial charge in [-0.3, -0.25) is 4.79 Å². The maximum Gasteiger partial charge on any atom is 0.262 e. The molecule has 0 bridgehead atoms. The number of halogens is 2. The third kappa shape index (κ3) is 3.90. The smallest absolute Gasteiger partial charge is 0.262 e. The Morgan fingerprint density at radius 3 is 2.53 bits per heavy atom. The number of sulfonamides is 1. The fourth-order valence-electron chi connectivity index (χ4n) is 3.79. The zero-order valence-corrected chi connectivity index (χ0v) is 17.6. The molecule has 2 atom stereocenters. The van der Waals surface area contributed by atoms with E-state index in [1.54, 1.807) is 48.0 Å². The molecule has 0 amide bonds. The van der Waals surface area contributed by atoms with Crippen LogP contribution in [0.2, 0.25) is 5.02 Å². The largest absolute Gasteiger partial charge is 0.339 e. The molecule has 3 aromatic rings. The number of benzene rings is 2. The van der Waals surface area contributed by atoms with Gasteiger partial charge in [0.15, 0.2) is 10.8 Å². The number of aromatic nitrogens is 2. The van der Waals surface area contributed by atoms with E-state index in [9.17, 15) is 17.6 Å². The zero-order chi connectivity index (χ0) is 21.5. The lowest BCUT2D eigenvalue weighted by atomic mass is 9.84. The van der Waals surface area contributed by atoms with Crippen LogP contribution in [0.25, 0.3) is 0 Å². The Kier molecular flexibility index (Phi) is 5.48. The van der Waals surface area contributed by atoms with E-state index in [0.717, 1.165) is 0 Å². The van der Waals surface area contributed by atoms with E-state index in [2.05, 4.69) is 4.98 Å². The van der Waals surface area contributed by atoms with E-state index >= 15 is 0 Å². The summed E-state index contributed by atoms with van der Waals surface area (Å²) in [4.78, 5) is 17.3. The van der Waals surface area contributed by atoms with Gasteiger partial charge in [0.2, 0.25) is 0 Å². The van der Waals surface area contributed by atoms with Gasteiger partial charge in [-0.1, -0.05) is 35.9 Å². The molecule has 30 heavy (non-hydrogen) atoms. The quantitative estimate of drug-likeness (QED) is 0.561. The first-order valence-corrected chi connectivity index (χ1v) is 11.1. The van der Waals surface area contributed by atoms with Gasteiger partial charge in [0.25, 0.3) is 10.0 Å². The number of hydrogen-bond donors (Lipinski definition) is 0. The average Bonchev–Trinajstić information content (AvgIpc) is 3.35. The van der Waals surface area contributed by atoms with Crippen molar-refractivity contribution in [1.82, 2.24) is 13.9 Å². The monoisotopic (exact) mass is 447 g/mol. The molecular weight excluding hydrogens is 429 g/mol. The summed E-state index contributed by atoms with van der Waals surface area (Å²) in [5, 5.41) is 0.355. The van der Waals surface area contributed by atoms with Crippen LogP contribution in [-0.2, 0) is 17.1 Å². The SMILES string of the molecule is Cn1cnc(S(=O)(=O)N2CC(C(=O)c3cccc(Cl)c3)C(c3ccc(F)cc3)C2)c1. The summed E-state index contributed by atoms with van der Waals surface area (Å²) in [5.74, 6) is -1.65. The van der Waals surface area contributed by atoms with Crippen molar-refractivity contribution in [2.24, 2.45) is 13.0 Å². The van der Waals surface area contributed by atoms with Gasteiger partial charge in [0, 0.05) is 48.8 Å². The van der Waals surface area contributed by atoms with Crippen molar-refractivity contribution >= 4 is 27.4 Å². The van der Waals surface area contributed by atoms with E-state index < -0.39 is 27.7 Å². The van der Waals surface area contributed by atoms with Crippen LogP contribution < -0.4 is 0 Å². The first kappa shape index (κ1) is 20.7. The highest BCUT2D eigenvalue weighted by molar-refractivity contribution is 7.89. The van der Waals surface area contributed by atoms with E-state index in [4.69, 9.17) is 11.6 Å². The predicted molar refractivity (Wildman–Crippen MR) is 110 cm³/mol. The molecule has 0 saturated carbocycles. The summed E-state index contributed by atoms with van der Waals surface area (Å²) in [5.41, 5.74) is 1.12. The molecule has 2 unspecified atom stereocenters. The Bertz CT molecular complexity index is 1190. The number of ketones is 1. The topological polar surface area (TPSA) is 72.3 Å². The van der Waals surface area contributed by atoms with Crippen LogP contribution in [0.15, 0.2) is 66.1 Å². The highest BCUT2D eigenvalue weighted by Gasteiger charge is 2.44. The number of Topliss-reactive ketones (excluding diaryl/α,β-unsaturated/α-hetero) is 1. The number of carbonyl (C=O) groups is 1. The first-order chi connectivity index (χ1) is 14.3.